The second kappa shape index (κ2) is 8.88. The Morgan fingerprint density at radius 1 is 1.03 bits per heavy atom. The molecule has 3 aromatic heterocycles. The average molecular weight is 486 g/mol. The topological polar surface area (TPSA) is 123 Å². The lowest BCUT2D eigenvalue weighted by atomic mass is 9.87. The standard InChI is InChI=1S/C26H27N7O3/c1-26(2,3)16-13-28-33(15-9-7-6-8-10-15)23(16)25(34)31-19-14-27-32-22(19)24-29-17-11-20(35-4)21(36-5)12-18(17)30-24/h6-14H,1-5H3,(H,27,32)(H,29,30)(H,31,34). The molecule has 0 radical (unpaired) electrons. The smallest absolute Gasteiger partial charge is 0.274 e. The largest absolute Gasteiger partial charge is 0.493 e. The molecule has 0 aliphatic carbocycles. The van der Waals surface area contributed by atoms with E-state index in [2.05, 4.69) is 51.4 Å². The van der Waals surface area contributed by atoms with E-state index in [-0.39, 0.29) is 11.3 Å². The summed E-state index contributed by atoms with van der Waals surface area (Å²) < 4.78 is 12.4. The van der Waals surface area contributed by atoms with E-state index in [0.29, 0.717) is 39.9 Å². The Kier molecular flexibility index (Phi) is 5.71. The van der Waals surface area contributed by atoms with Crippen LogP contribution in [0.3, 0.4) is 0 Å². The van der Waals surface area contributed by atoms with Gasteiger partial charge in [-0.2, -0.15) is 10.2 Å². The van der Waals surface area contributed by atoms with Crippen molar-refractivity contribution in [3.8, 4) is 28.7 Å². The van der Waals surface area contributed by atoms with Crippen LogP contribution in [0.4, 0.5) is 5.69 Å². The molecule has 184 valence electrons. The maximum Gasteiger partial charge on any atom is 0.274 e. The van der Waals surface area contributed by atoms with Crippen LogP contribution < -0.4 is 14.8 Å². The molecular formula is C26H27N7O3. The Labute approximate surface area is 207 Å². The maximum atomic E-state index is 13.7. The van der Waals surface area contributed by atoms with Crippen molar-refractivity contribution >= 4 is 22.6 Å². The number of aromatic nitrogens is 6. The van der Waals surface area contributed by atoms with Crippen LogP contribution in [0.15, 0.2) is 54.9 Å². The van der Waals surface area contributed by atoms with Gasteiger partial charge in [0.25, 0.3) is 5.91 Å². The molecule has 0 atom stereocenters. The van der Waals surface area contributed by atoms with Gasteiger partial charge in [-0.05, 0) is 17.5 Å². The number of carbonyl (C=O) groups is 1. The molecule has 0 saturated carbocycles. The van der Waals surface area contributed by atoms with E-state index in [0.717, 1.165) is 16.8 Å². The molecule has 36 heavy (non-hydrogen) atoms. The molecule has 0 bridgehead atoms. The minimum Gasteiger partial charge on any atom is -0.493 e. The lowest BCUT2D eigenvalue weighted by Gasteiger charge is -2.19. The number of nitrogens with one attached hydrogen (secondary N) is 3. The van der Waals surface area contributed by atoms with Crippen molar-refractivity contribution in [3.05, 3.63) is 66.1 Å². The molecule has 5 aromatic rings. The van der Waals surface area contributed by atoms with E-state index >= 15 is 0 Å². The molecule has 10 heteroatoms. The summed E-state index contributed by atoms with van der Waals surface area (Å²) in [6.45, 7) is 6.16. The second-order valence-electron chi connectivity index (χ2n) is 9.33. The molecule has 5 rings (SSSR count). The van der Waals surface area contributed by atoms with Gasteiger partial charge in [0.15, 0.2) is 17.3 Å². The zero-order valence-corrected chi connectivity index (χ0v) is 20.7. The van der Waals surface area contributed by atoms with Gasteiger partial charge in [0.2, 0.25) is 0 Å². The number of aromatic amines is 2. The number of amides is 1. The third-order valence-corrected chi connectivity index (χ3v) is 5.90. The van der Waals surface area contributed by atoms with Gasteiger partial charge < -0.3 is 19.8 Å². The number of imidazole rings is 1. The van der Waals surface area contributed by atoms with Gasteiger partial charge in [-0.1, -0.05) is 39.0 Å². The van der Waals surface area contributed by atoms with E-state index in [1.165, 1.54) is 0 Å². The SMILES string of the molecule is COc1cc2nc(-c3[nH]ncc3NC(=O)c3c(C(C)(C)C)cnn3-c3ccccc3)[nH]c2cc1OC. The maximum absolute atomic E-state index is 13.7. The highest BCUT2D eigenvalue weighted by atomic mass is 16.5. The van der Waals surface area contributed by atoms with Crippen LogP contribution in [0.25, 0.3) is 28.2 Å². The van der Waals surface area contributed by atoms with Crippen LogP contribution in [-0.2, 0) is 5.41 Å². The van der Waals surface area contributed by atoms with Gasteiger partial charge in [0, 0.05) is 17.7 Å². The Hall–Kier alpha value is -4.60. The number of nitrogens with zero attached hydrogens (tertiary/aromatic N) is 4. The number of carbonyl (C=O) groups excluding carboxylic acids is 1. The first-order chi connectivity index (χ1) is 17.3. The van der Waals surface area contributed by atoms with Gasteiger partial charge in [-0.25, -0.2) is 9.67 Å². The fourth-order valence-electron chi connectivity index (χ4n) is 4.08. The Balaban J connectivity index is 1.53. The molecule has 10 nitrogen and oxygen atoms in total. The number of fused-ring (bicyclic) bond motifs is 1. The molecule has 0 unspecified atom stereocenters. The normalized spacial score (nSPS) is 11.6. The van der Waals surface area contributed by atoms with E-state index in [1.54, 1.807) is 37.4 Å². The van der Waals surface area contributed by atoms with Gasteiger partial charge in [-0.15, -0.1) is 0 Å². The monoisotopic (exact) mass is 485 g/mol. The molecule has 0 fully saturated rings. The summed E-state index contributed by atoms with van der Waals surface area (Å²) in [6.07, 6.45) is 3.31. The predicted octanol–water partition coefficient (Wildman–Crippen LogP) is 4.71. The fraction of sp³-hybridized carbons (Fsp3) is 0.231. The van der Waals surface area contributed by atoms with Crippen LogP contribution >= 0.6 is 0 Å². The third-order valence-electron chi connectivity index (χ3n) is 5.90. The molecule has 3 N–H and O–H groups in total. The van der Waals surface area contributed by atoms with Gasteiger partial charge in [0.05, 0.1) is 49.0 Å². The minimum atomic E-state index is -0.302. The summed E-state index contributed by atoms with van der Waals surface area (Å²) in [7, 11) is 3.15. The Morgan fingerprint density at radius 2 is 1.75 bits per heavy atom. The summed E-state index contributed by atoms with van der Waals surface area (Å²) in [5.41, 5.74) is 4.26. The number of benzene rings is 2. The summed E-state index contributed by atoms with van der Waals surface area (Å²) in [6, 6.07) is 13.2. The van der Waals surface area contributed by atoms with Crippen molar-refractivity contribution < 1.29 is 14.3 Å². The lowest BCUT2D eigenvalue weighted by Crippen LogP contribution is -2.23. The Bertz CT molecular complexity index is 1500. The molecule has 1 amide bonds. The number of ether oxygens (including phenoxy) is 2. The van der Waals surface area contributed by atoms with Crippen molar-refractivity contribution in [2.45, 2.75) is 26.2 Å². The van der Waals surface area contributed by atoms with Crippen LogP contribution in [0.2, 0.25) is 0 Å². The average Bonchev–Trinajstić information content (AvgIpc) is 3.60. The first-order valence-corrected chi connectivity index (χ1v) is 11.4. The van der Waals surface area contributed by atoms with E-state index in [9.17, 15) is 4.79 Å². The number of methoxy groups -OCH3 is 2. The highest BCUT2D eigenvalue weighted by molar-refractivity contribution is 6.06. The fourth-order valence-corrected chi connectivity index (χ4v) is 4.08. The van der Waals surface area contributed by atoms with Crippen molar-refractivity contribution in [1.29, 1.82) is 0 Å². The summed E-state index contributed by atoms with van der Waals surface area (Å²) in [5.74, 6) is 1.37. The van der Waals surface area contributed by atoms with Crippen LogP contribution in [0.5, 0.6) is 11.5 Å². The number of para-hydroxylation sites is 1. The van der Waals surface area contributed by atoms with Gasteiger partial charge >= 0.3 is 0 Å². The van der Waals surface area contributed by atoms with E-state index in [4.69, 9.17) is 9.47 Å². The first-order valence-electron chi connectivity index (χ1n) is 11.4. The molecule has 3 heterocycles. The predicted molar refractivity (Wildman–Crippen MR) is 137 cm³/mol. The Morgan fingerprint density at radius 3 is 2.44 bits per heavy atom. The van der Waals surface area contributed by atoms with E-state index < -0.39 is 0 Å². The molecule has 0 aliphatic rings. The molecular weight excluding hydrogens is 458 g/mol. The van der Waals surface area contributed by atoms with Crippen molar-refractivity contribution in [2.75, 3.05) is 19.5 Å². The first kappa shape index (κ1) is 23.2. The minimum absolute atomic E-state index is 0.296. The highest BCUT2D eigenvalue weighted by Crippen LogP contribution is 2.34. The highest BCUT2D eigenvalue weighted by Gasteiger charge is 2.28. The number of anilines is 1. The van der Waals surface area contributed by atoms with Gasteiger partial charge in [-0.3, -0.25) is 9.89 Å². The third kappa shape index (κ3) is 4.06. The second-order valence-corrected chi connectivity index (χ2v) is 9.33. The zero-order valence-electron chi connectivity index (χ0n) is 20.7. The summed E-state index contributed by atoms with van der Waals surface area (Å²) in [4.78, 5) is 21.6. The summed E-state index contributed by atoms with van der Waals surface area (Å²) >= 11 is 0. The van der Waals surface area contributed by atoms with Crippen molar-refractivity contribution in [3.63, 3.8) is 0 Å². The number of hydrogen-bond acceptors (Lipinski definition) is 6. The van der Waals surface area contributed by atoms with Crippen LogP contribution in [0, 0.1) is 0 Å². The van der Waals surface area contributed by atoms with Crippen molar-refractivity contribution in [2.24, 2.45) is 0 Å². The lowest BCUT2D eigenvalue weighted by molar-refractivity contribution is 0.101. The molecule has 0 saturated heterocycles. The quantitative estimate of drug-likeness (QED) is 0.320. The van der Waals surface area contributed by atoms with Crippen LogP contribution in [0.1, 0.15) is 36.8 Å². The number of hydrogen-bond donors (Lipinski definition) is 3. The number of H-pyrrole nitrogens is 2. The van der Waals surface area contributed by atoms with Gasteiger partial charge in [0.1, 0.15) is 11.4 Å². The summed E-state index contributed by atoms with van der Waals surface area (Å²) in [5, 5.41) is 14.6. The molecule has 2 aromatic carbocycles. The molecule has 0 spiro atoms. The number of rotatable bonds is 6. The zero-order chi connectivity index (χ0) is 25.4. The van der Waals surface area contributed by atoms with Crippen LogP contribution in [-0.4, -0.2) is 50.1 Å². The van der Waals surface area contributed by atoms with E-state index in [1.807, 2.05) is 36.4 Å². The molecule has 0 aliphatic heterocycles. The van der Waals surface area contributed by atoms with Crippen molar-refractivity contribution in [1.82, 2.24) is 29.9 Å².